The minimum atomic E-state index is -0.840. The van der Waals surface area contributed by atoms with E-state index in [0.29, 0.717) is 13.1 Å². The van der Waals surface area contributed by atoms with E-state index in [1.807, 2.05) is 0 Å². The van der Waals surface area contributed by atoms with Crippen molar-refractivity contribution in [1.29, 1.82) is 0 Å². The topological polar surface area (TPSA) is 69.6 Å². The number of carbonyl (C=O) groups is 1. The van der Waals surface area contributed by atoms with E-state index in [4.69, 9.17) is 10.2 Å². The van der Waals surface area contributed by atoms with E-state index >= 15 is 0 Å². The lowest BCUT2D eigenvalue weighted by molar-refractivity contribution is -0.138. The van der Waals surface area contributed by atoms with Gasteiger partial charge in [0, 0.05) is 19.0 Å². The summed E-state index contributed by atoms with van der Waals surface area (Å²) in [7, 11) is 0. The third kappa shape index (κ3) is 1.68. The fraction of sp³-hybridized carbons (Fsp3) is 0.833. The molecule has 0 aromatic rings. The van der Waals surface area contributed by atoms with E-state index in [-0.39, 0.29) is 12.3 Å². The van der Waals surface area contributed by atoms with Crippen LogP contribution >= 0.6 is 0 Å². The van der Waals surface area contributed by atoms with Crippen LogP contribution in [0.4, 0.5) is 0 Å². The molecule has 0 aromatic heterocycles. The Morgan fingerprint density at radius 1 is 1.60 bits per heavy atom. The van der Waals surface area contributed by atoms with Gasteiger partial charge in [0.2, 0.25) is 0 Å². The van der Waals surface area contributed by atoms with Gasteiger partial charge in [-0.25, -0.2) is 0 Å². The highest BCUT2D eigenvalue weighted by Crippen LogP contribution is 2.12. The minimum absolute atomic E-state index is 0.0637. The van der Waals surface area contributed by atoms with Crippen LogP contribution < -0.4 is 5.32 Å². The van der Waals surface area contributed by atoms with Crippen LogP contribution in [0.25, 0.3) is 0 Å². The van der Waals surface area contributed by atoms with Crippen molar-refractivity contribution in [3.63, 3.8) is 0 Å². The van der Waals surface area contributed by atoms with Crippen LogP contribution in [0.1, 0.15) is 6.42 Å². The van der Waals surface area contributed by atoms with Gasteiger partial charge < -0.3 is 15.5 Å². The second-order valence-electron chi connectivity index (χ2n) is 2.58. The van der Waals surface area contributed by atoms with E-state index in [2.05, 4.69) is 5.32 Å². The zero-order chi connectivity index (χ0) is 7.56. The molecule has 4 nitrogen and oxygen atoms in total. The van der Waals surface area contributed by atoms with Gasteiger partial charge in [-0.2, -0.15) is 0 Å². The van der Waals surface area contributed by atoms with Crippen molar-refractivity contribution in [3.05, 3.63) is 0 Å². The summed E-state index contributed by atoms with van der Waals surface area (Å²) in [6.07, 6.45) is -0.412. The number of rotatable bonds is 2. The third-order valence-corrected chi connectivity index (χ3v) is 1.74. The quantitative estimate of drug-likeness (QED) is 0.468. The lowest BCUT2D eigenvalue weighted by atomic mass is 10.0. The smallest absolute Gasteiger partial charge is 0.303 e. The van der Waals surface area contributed by atoms with Gasteiger partial charge in [0.1, 0.15) is 0 Å². The monoisotopic (exact) mass is 145 g/mol. The molecule has 1 saturated heterocycles. The van der Waals surface area contributed by atoms with Crippen LogP contribution in [0.2, 0.25) is 0 Å². The Bertz CT molecular complexity index is 137. The molecule has 0 aromatic carbocycles. The molecule has 1 aliphatic heterocycles. The number of hydrogen-bond acceptors (Lipinski definition) is 3. The second-order valence-corrected chi connectivity index (χ2v) is 2.58. The van der Waals surface area contributed by atoms with Crippen molar-refractivity contribution in [2.45, 2.75) is 12.5 Å². The first-order valence-electron chi connectivity index (χ1n) is 3.30. The van der Waals surface area contributed by atoms with Gasteiger partial charge in [-0.05, 0) is 0 Å². The van der Waals surface area contributed by atoms with Crippen LogP contribution in [0.15, 0.2) is 0 Å². The summed E-state index contributed by atoms with van der Waals surface area (Å²) in [5.74, 6) is -0.940. The normalized spacial score (nSPS) is 32.5. The zero-order valence-electron chi connectivity index (χ0n) is 5.58. The van der Waals surface area contributed by atoms with E-state index in [9.17, 15) is 4.79 Å². The molecule has 58 valence electrons. The maximum absolute atomic E-state index is 10.2. The standard InChI is InChI=1S/C6H11NO3/c8-5-3-7-2-4(5)1-6(9)10/h4-5,7-8H,1-3H2,(H,9,10)/t4-,5+/m0/s1. The first-order chi connectivity index (χ1) is 4.70. The molecule has 0 saturated carbocycles. The van der Waals surface area contributed by atoms with Gasteiger partial charge in [0.25, 0.3) is 0 Å². The van der Waals surface area contributed by atoms with Crippen LogP contribution in [-0.2, 0) is 4.79 Å². The number of β-amino-alcohol motifs (C(OH)–C–C–N with tert-alkyl or cyclic N) is 1. The highest BCUT2D eigenvalue weighted by Gasteiger charge is 2.26. The fourth-order valence-corrected chi connectivity index (χ4v) is 1.15. The molecular formula is C6H11NO3. The number of aliphatic carboxylic acids is 1. The van der Waals surface area contributed by atoms with E-state index in [0.717, 1.165) is 0 Å². The number of aliphatic hydroxyl groups is 1. The molecule has 0 spiro atoms. The number of carboxylic acids is 1. The van der Waals surface area contributed by atoms with Gasteiger partial charge in [0.05, 0.1) is 12.5 Å². The predicted octanol–water partition coefficient (Wildman–Crippen LogP) is -0.959. The molecule has 1 aliphatic rings. The van der Waals surface area contributed by atoms with Gasteiger partial charge >= 0.3 is 5.97 Å². The molecule has 3 N–H and O–H groups in total. The molecule has 10 heavy (non-hydrogen) atoms. The Morgan fingerprint density at radius 2 is 2.30 bits per heavy atom. The van der Waals surface area contributed by atoms with Crippen molar-refractivity contribution in [1.82, 2.24) is 5.32 Å². The van der Waals surface area contributed by atoms with Crippen molar-refractivity contribution in [2.75, 3.05) is 13.1 Å². The minimum Gasteiger partial charge on any atom is -0.481 e. The summed E-state index contributed by atoms with van der Waals surface area (Å²) in [6.45, 7) is 1.14. The summed E-state index contributed by atoms with van der Waals surface area (Å²) in [5, 5.41) is 20.4. The predicted molar refractivity (Wildman–Crippen MR) is 34.6 cm³/mol. The summed E-state index contributed by atoms with van der Waals surface area (Å²) >= 11 is 0. The molecular weight excluding hydrogens is 134 g/mol. The number of hydrogen-bond donors (Lipinski definition) is 3. The maximum Gasteiger partial charge on any atom is 0.303 e. The van der Waals surface area contributed by atoms with Crippen LogP contribution in [0.5, 0.6) is 0 Å². The number of carboxylic acid groups (broad SMARTS) is 1. The number of aliphatic hydroxyl groups excluding tert-OH is 1. The molecule has 0 radical (unpaired) electrons. The van der Waals surface area contributed by atoms with Crippen LogP contribution in [-0.4, -0.2) is 35.4 Å². The lowest BCUT2D eigenvalue weighted by Gasteiger charge is -2.08. The third-order valence-electron chi connectivity index (χ3n) is 1.74. The molecule has 0 aliphatic carbocycles. The molecule has 0 unspecified atom stereocenters. The molecule has 0 amide bonds. The SMILES string of the molecule is O=C(O)C[C@H]1CNC[C@H]1O. The molecule has 0 bridgehead atoms. The Labute approximate surface area is 58.9 Å². The van der Waals surface area contributed by atoms with E-state index in [1.165, 1.54) is 0 Å². The van der Waals surface area contributed by atoms with Gasteiger partial charge in [0.15, 0.2) is 0 Å². The van der Waals surface area contributed by atoms with Gasteiger partial charge in [-0.3, -0.25) is 4.79 Å². The summed E-state index contributed by atoms with van der Waals surface area (Å²) in [5.41, 5.74) is 0. The first-order valence-corrected chi connectivity index (χ1v) is 3.30. The molecule has 1 rings (SSSR count). The summed E-state index contributed by atoms with van der Waals surface area (Å²) in [6, 6.07) is 0. The zero-order valence-corrected chi connectivity index (χ0v) is 5.58. The summed E-state index contributed by atoms with van der Waals surface area (Å²) in [4.78, 5) is 10.2. The van der Waals surface area contributed by atoms with Gasteiger partial charge in [-0.1, -0.05) is 0 Å². The van der Waals surface area contributed by atoms with Gasteiger partial charge in [-0.15, -0.1) is 0 Å². The van der Waals surface area contributed by atoms with Crippen LogP contribution in [0, 0.1) is 5.92 Å². The second kappa shape index (κ2) is 2.98. The first kappa shape index (κ1) is 7.50. The largest absolute Gasteiger partial charge is 0.481 e. The fourth-order valence-electron chi connectivity index (χ4n) is 1.15. The summed E-state index contributed by atoms with van der Waals surface area (Å²) < 4.78 is 0. The molecule has 1 heterocycles. The van der Waals surface area contributed by atoms with E-state index in [1.54, 1.807) is 0 Å². The Morgan fingerprint density at radius 3 is 2.70 bits per heavy atom. The Hall–Kier alpha value is -0.610. The molecule has 1 fully saturated rings. The Balaban J connectivity index is 2.33. The number of nitrogens with one attached hydrogen (secondary N) is 1. The highest BCUT2D eigenvalue weighted by atomic mass is 16.4. The average molecular weight is 145 g/mol. The highest BCUT2D eigenvalue weighted by molar-refractivity contribution is 5.67. The van der Waals surface area contributed by atoms with Crippen molar-refractivity contribution in [3.8, 4) is 0 Å². The Kier molecular flexibility index (Phi) is 2.24. The molecule has 4 heteroatoms. The van der Waals surface area contributed by atoms with Crippen LogP contribution in [0.3, 0.4) is 0 Å². The maximum atomic E-state index is 10.2. The van der Waals surface area contributed by atoms with Crippen molar-refractivity contribution in [2.24, 2.45) is 5.92 Å². The lowest BCUT2D eigenvalue weighted by Crippen LogP contribution is -2.20. The molecule has 2 atom stereocenters. The average Bonchev–Trinajstić information content (AvgIpc) is 2.15. The van der Waals surface area contributed by atoms with Crippen molar-refractivity contribution >= 4 is 5.97 Å². The van der Waals surface area contributed by atoms with Crippen molar-refractivity contribution < 1.29 is 15.0 Å². The van der Waals surface area contributed by atoms with E-state index < -0.39 is 12.1 Å².